The van der Waals surface area contributed by atoms with Gasteiger partial charge in [0.1, 0.15) is 4.88 Å². The van der Waals surface area contributed by atoms with E-state index in [4.69, 9.17) is 0 Å². The number of hydrogen-bond acceptors (Lipinski definition) is 6. The molecule has 1 N–H and O–H groups in total. The second-order valence-electron chi connectivity index (χ2n) is 8.66. The van der Waals surface area contributed by atoms with Crippen molar-refractivity contribution in [2.75, 3.05) is 31.5 Å². The molecule has 1 amide bonds. The average Bonchev–Trinajstić information content (AvgIpc) is 3.26. The van der Waals surface area contributed by atoms with Crippen molar-refractivity contribution in [1.82, 2.24) is 19.8 Å². The van der Waals surface area contributed by atoms with E-state index in [9.17, 15) is 4.79 Å². The molecule has 4 heterocycles. The van der Waals surface area contributed by atoms with Crippen LogP contribution < -0.4 is 5.32 Å². The fourth-order valence-electron chi connectivity index (χ4n) is 4.70. The second-order valence-corrected chi connectivity index (χ2v) is 9.69. The number of hydrogen-bond donors (Lipinski definition) is 1. The van der Waals surface area contributed by atoms with Crippen LogP contribution in [0.1, 0.15) is 67.4 Å². The molecule has 2 saturated heterocycles. The van der Waals surface area contributed by atoms with E-state index in [-0.39, 0.29) is 11.9 Å². The van der Waals surface area contributed by atoms with Crippen molar-refractivity contribution in [3.8, 4) is 0 Å². The van der Waals surface area contributed by atoms with Crippen LogP contribution in [0.2, 0.25) is 0 Å². The van der Waals surface area contributed by atoms with Crippen LogP contribution in [0.5, 0.6) is 0 Å². The zero-order valence-electron chi connectivity index (χ0n) is 18.1. The van der Waals surface area contributed by atoms with E-state index >= 15 is 0 Å². The minimum Gasteiger partial charge on any atom is -0.353 e. The largest absolute Gasteiger partial charge is 0.353 e. The first-order valence-corrected chi connectivity index (χ1v) is 12.1. The third kappa shape index (κ3) is 5.01. The van der Waals surface area contributed by atoms with Gasteiger partial charge in [-0.3, -0.25) is 14.7 Å². The third-order valence-corrected chi connectivity index (χ3v) is 7.34. The Morgan fingerprint density at radius 2 is 2.07 bits per heavy atom. The Labute approximate surface area is 183 Å². The summed E-state index contributed by atoms with van der Waals surface area (Å²) in [6, 6.07) is 6.68. The van der Waals surface area contributed by atoms with Crippen molar-refractivity contribution < 1.29 is 4.79 Å². The molecule has 4 rings (SSSR count). The highest BCUT2D eigenvalue weighted by molar-refractivity contribution is 7.17. The summed E-state index contributed by atoms with van der Waals surface area (Å²) in [4.78, 5) is 27.3. The summed E-state index contributed by atoms with van der Waals surface area (Å²) in [6.45, 7) is 8.62. The van der Waals surface area contributed by atoms with Crippen LogP contribution in [0.25, 0.3) is 0 Å². The number of carbonyl (C=O) groups is 1. The Morgan fingerprint density at radius 3 is 2.77 bits per heavy atom. The molecule has 0 saturated carbocycles. The molecular formula is C23H33N5OS. The maximum Gasteiger partial charge on any atom is 0.265 e. The predicted octanol–water partition coefficient (Wildman–Crippen LogP) is 4.44. The van der Waals surface area contributed by atoms with Gasteiger partial charge in [-0.25, -0.2) is 4.98 Å². The van der Waals surface area contributed by atoms with E-state index in [1.807, 2.05) is 29.3 Å². The van der Waals surface area contributed by atoms with Crippen molar-refractivity contribution in [2.45, 2.75) is 58.0 Å². The fraction of sp³-hybridized carbons (Fsp3) is 0.609. The number of thiazole rings is 1. The molecule has 2 fully saturated rings. The zero-order valence-corrected chi connectivity index (χ0v) is 18.9. The number of rotatable bonds is 6. The molecule has 0 aromatic carbocycles. The van der Waals surface area contributed by atoms with Crippen molar-refractivity contribution in [2.24, 2.45) is 5.92 Å². The summed E-state index contributed by atoms with van der Waals surface area (Å²) in [5.74, 6) is 0.927. The monoisotopic (exact) mass is 427 g/mol. The van der Waals surface area contributed by atoms with E-state index in [0.717, 1.165) is 54.0 Å². The van der Waals surface area contributed by atoms with Crippen LogP contribution in [0.4, 0.5) is 5.13 Å². The van der Waals surface area contributed by atoms with Gasteiger partial charge in [0.15, 0.2) is 5.13 Å². The first-order chi connectivity index (χ1) is 14.6. The first kappa shape index (κ1) is 21.2. The minimum absolute atomic E-state index is 0.1000. The van der Waals surface area contributed by atoms with Gasteiger partial charge in [0.05, 0.1) is 17.9 Å². The number of nitrogens with zero attached hydrogens (tertiary/aromatic N) is 4. The minimum atomic E-state index is 0.1000. The Hall–Kier alpha value is -1.99. The zero-order chi connectivity index (χ0) is 20.9. The van der Waals surface area contributed by atoms with Gasteiger partial charge in [-0.1, -0.05) is 31.3 Å². The lowest BCUT2D eigenvalue weighted by Gasteiger charge is -2.41. The number of anilines is 1. The molecule has 162 valence electrons. The van der Waals surface area contributed by atoms with Crippen LogP contribution in [0.15, 0.2) is 30.6 Å². The maximum atomic E-state index is 13.0. The lowest BCUT2D eigenvalue weighted by Crippen LogP contribution is -2.49. The van der Waals surface area contributed by atoms with Gasteiger partial charge in [0, 0.05) is 31.9 Å². The molecule has 0 aliphatic carbocycles. The highest BCUT2D eigenvalue weighted by atomic mass is 32.1. The Morgan fingerprint density at radius 1 is 1.23 bits per heavy atom. The van der Waals surface area contributed by atoms with Gasteiger partial charge in [0.2, 0.25) is 0 Å². The quantitative estimate of drug-likeness (QED) is 0.739. The molecule has 1 unspecified atom stereocenters. The molecule has 2 aliphatic rings. The molecule has 2 aromatic rings. The lowest BCUT2D eigenvalue weighted by atomic mass is 9.95. The van der Waals surface area contributed by atoms with Gasteiger partial charge in [-0.05, 0) is 56.7 Å². The molecular weight excluding hydrogens is 394 g/mol. The summed E-state index contributed by atoms with van der Waals surface area (Å²) in [7, 11) is 0. The summed E-state index contributed by atoms with van der Waals surface area (Å²) >= 11 is 1.45. The highest BCUT2D eigenvalue weighted by Crippen LogP contribution is 2.28. The molecule has 2 aliphatic heterocycles. The van der Waals surface area contributed by atoms with Crippen molar-refractivity contribution in [3.05, 3.63) is 41.2 Å². The molecule has 6 nitrogen and oxygen atoms in total. The number of likely N-dealkylation sites (tertiary alicyclic amines) is 2. The van der Waals surface area contributed by atoms with Crippen molar-refractivity contribution >= 4 is 22.4 Å². The van der Waals surface area contributed by atoms with Crippen LogP contribution in [-0.4, -0.2) is 57.9 Å². The van der Waals surface area contributed by atoms with E-state index in [1.54, 1.807) is 6.20 Å². The Balaban J connectivity index is 1.32. The number of pyridine rings is 1. The molecule has 2 atom stereocenters. The van der Waals surface area contributed by atoms with Crippen molar-refractivity contribution in [3.63, 3.8) is 0 Å². The average molecular weight is 428 g/mol. The predicted molar refractivity (Wildman–Crippen MR) is 122 cm³/mol. The lowest BCUT2D eigenvalue weighted by molar-refractivity contribution is 0.0545. The van der Waals surface area contributed by atoms with Crippen molar-refractivity contribution in [1.29, 1.82) is 0 Å². The van der Waals surface area contributed by atoms with Crippen LogP contribution in [0.3, 0.4) is 0 Å². The molecule has 2 aromatic heterocycles. The van der Waals surface area contributed by atoms with Gasteiger partial charge in [0.25, 0.3) is 5.91 Å². The fourth-order valence-corrected chi connectivity index (χ4v) is 5.54. The number of piperidine rings is 2. The van der Waals surface area contributed by atoms with Gasteiger partial charge in [-0.15, -0.1) is 0 Å². The van der Waals surface area contributed by atoms with Gasteiger partial charge >= 0.3 is 0 Å². The summed E-state index contributed by atoms with van der Waals surface area (Å²) in [5.41, 5.74) is 0.997. The van der Waals surface area contributed by atoms with Crippen LogP contribution in [-0.2, 0) is 0 Å². The SMILES string of the molecule is CCC(Nc1ncc(C(=O)N2CCC(N3CCC[C@@H](C)C3)CC2)s1)c1ccccn1. The summed E-state index contributed by atoms with van der Waals surface area (Å²) < 4.78 is 0. The molecule has 30 heavy (non-hydrogen) atoms. The van der Waals surface area contributed by atoms with E-state index < -0.39 is 0 Å². The van der Waals surface area contributed by atoms with E-state index in [1.165, 1.54) is 37.3 Å². The first-order valence-electron chi connectivity index (χ1n) is 11.3. The molecule has 0 bridgehead atoms. The highest BCUT2D eigenvalue weighted by Gasteiger charge is 2.30. The maximum absolute atomic E-state index is 13.0. The molecule has 7 heteroatoms. The molecule has 0 spiro atoms. The van der Waals surface area contributed by atoms with E-state index in [0.29, 0.717) is 6.04 Å². The summed E-state index contributed by atoms with van der Waals surface area (Å²) in [6.07, 6.45) is 9.27. The second kappa shape index (κ2) is 9.88. The third-order valence-electron chi connectivity index (χ3n) is 6.42. The number of aromatic nitrogens is 2. The smallest absolute Gasteiger partial charge is 0.265 e. The molecule has 0 radical (unpaired) electrons. The van der Waals surface area contributed by atoms with Crippen LogP contribution in [0, 0.1) is 5.92 Å². The van der Waals surface area contributed by atoms with Gasteiger partial charge < -0.3 is 10.2 Å². The van der Waals surface area contributed by atoms with E-state index in [2.05, 4.69) is 34.0 Å². The van der Waals surface area contributed by atoms with Gasteiger partial charge in [-0.2, -0.15) is 0 Å². The number of nitrogens with one attached hydrogen (secondary N) is 1. The standard InChI is InChI=1S/C23H33N5OS/c1-3-19(20-8-4-5-11-24-20)26-23-25-15-21(30-23)22(29)27-13-9-18(10-14-27)28-12-6-7-17(2)16-28/h4-5,8,11,15,17-19H,3,6-7,9-10,12-14,16H2,1-2H3,(H,25,26)/t17-,19?/m1/s1. The Bertz CT molecular complexity index is 818. The normalized spacial score (nSPS) is 22.1. The summed E-state index contributed by atoms with van der Waals surface area (Å²) in [5, 5.41) is 4.23. The number of carbonyl (C=O) groups excluding carboxylic acids is 1. The Kier molecular flexibility index (Phi) is 7.00. The van der Waals surface area contributed by atoms with Crippen LogP contribution >= 0.6 is 11.3 Å². The number of amides is 1. The topological polar surface area (TPSA) is 61.4 Å².